The van der Waals surface area contributed by atoms with Crippen molar-refractivity contribution in [2.75, 3.05) is 38.6 Å². The van der Waals surface area contributed by atoms with E-state index in [0.29, 0.717) is 16.9 Å². The van der Waals surface area contributed by atoms with E-state index in [1.165, 1.54) is 10.7 Å². The van der Waals surface area contributed by atoms with Gasteiger partial charge < -0.3 is 10.2 Å². The van der Waals surface area contributed by atoms with Crippen molar-refractivity contribution in [3.05, 3.63) is 24.3 Å². The summed E-state index contributed by atoms with van der Waals surface area (Å²) in [5.41, 5.74) is 0.851. The topological polar surface area (TPSA) is 52.7 Å². The van der Waals surface area contributed by atoms with Crippen LogP contribution in [-0.2, 0) is 10.0 Å². The van der Waals surface area contributed by atoms with Gasteiger partial charge in [0.1, 0.15) is 4.90 Å². The fourth-order valence-electron chi connectivity index (χ4n) is 3.48. The summed E-state index contributed by atoms with van der Waals surface area (Å²) in [6.45, 7) is 2.92. The van der Waals surface area contributed by atoms with Crippen molar-refractivity contribution in [1.29, 1.82) is 0 Å². The van der Waals surface area contributed by atoms with Crippen molar-refractivity contribution in [3.63, 3.8) is 0 Å². The first-order valence-electron chi connectivity index (χ1n) is 7.51. The zero-order valence-corrected chi connectivity index (χ0v) is 13.4. The minimum absolute atomic E-state index is 0.414. The van der Waals surface area contributed by atoms with Gasteiger partial charge in [-0.3, -0.25) is 0 Å². The van der Waals surface area contributed by atoms with E-state index in [4.69, 9.17) is 0 Å². The van der Waals surface area contributed by atoms with Gasteiger partial charge in [0.2, 0.25) is 10.0 Å². The van der Waals surface area contributed by atoms with Crippen LogP contribution in [0, 0.1) is 5.92 Å². The Bertz CT molecular complexity index is 615. The third-order valence-corrected chi connectivity index (χ3v) is 6.47. The van der Waals surface area contributed by atoms with E-state index < -0.39 is 10.0 Å². The lowest BCUT2D eigenvalue weighted by Crippen LogP contribution is -2.46. The molecule has 0 bridgehead atoms. The number of hydrogen-bond acceptors (Lipinski definition) is 4. The second-order valence-corrected chi connectivity index (χ2v) is 8.20. The van der Waals surface area contributed by atoms with Crippen molar-refractivity contribution in [3.8, 4) is 0 Å². The molecule has 21 heavy (non-hydrogen) atoms. The van der Waals surface area contributed by atoms with Crippen LogP contribution in [0.15, 0.2) is 29.2 Å². The highest BCUT2D eigenvalue weighted by molar-refractivity contribution is 7.89. The molecule has 2 saturated heterocycles. The van der Waals surface area contributed by atoms with E-state index in [9.17, 15) is 8.42 Å². The molecule has 1 aromatic rings. The first-order chi connectivity index (χ1) is 10.0. The molecule has 2 heterocycles. The number of para-hydroxylation sites is 1. The van der Waals surface area contributed by atoms with Crippen molar-refractivity contribution in [2.24, 2.45) is 5.92 Å². The number of fused-ring (bicyclic) bond motifs is 1. The maximum atomic E-state index is 12.6. The Hall–Kier alpha value is -1.11. The molecule has 116 valence electrons. The number of sulfonamides is 1. The van der Waals surface area contributed by atoms with Crippen molar-refractivity contribution < 1.29 is 8.42 Å². The summed E-state index contributed by atoms with van der Waals surface area (Å²) in [6.07, 6.45) is 2.36. The highest BCUT2D eigenvalue weighted by Crippen LogP contribution is 2.35. The first-order valence-corrected chi connectivity index (χ1v) is 8.95. The SMILES string of the molecule is CN(C)S(=O)(=O)c1ccccc1N1CCCC2CNCC21. The van der Waals surface area contributed by atoms with Gasteiger partial charge in [-0.25, -0.2) is 12.7 Å². The van der Waals surface area contributed by atoms with Crippen LogP contribution in [0.25, 0.3) is 0 Å². The summed E-state index contributed by atoms with van der Waals surface area (Å²) in [5, 5.41) is 3.44. The number of benzene rings is 1. The van der Waals surface area contributed by atoms with Crippen LogP contribution in [0.4, 0.5) is 5.69 Å². The molecule has 0 spiro atoms. The van der Waals surface area contributed by atoms with Crippen LogP contribution < -0.4 is 10.2 Å². The Morgan fingerprint density at radius 2 is 2.00 bits per heavy atom. The van der Waals surface area contributed by atoms with Gasteiger partial charge in [0.05, 0.1) is 5.69 Å². The molecular weight excluding hydrogens is 286 g/mol. The Kier molecular flexibility index (Phi) is 3.94. The van der Waals surface area contributed by atoms with Gasteiger partial charge in [-0.1, -0.05) is 12.1 Å². The van der Waals surface area contributed by atoms with Crippen molar-refractivity contribution in [1.82, 2.24) is 9.62 Å². The zero-order chi connectivity index (χ0) is 15.0. The first kappa shape index (κ1) is 14.8. The number of nitrogens with one attached hydrogen (secondary N) is 1. The molecule has 2 fully saturated rings. The molecule has 1 aromatic carbocycles. The van der Waals surface area contributed by atoms with Crippen LogP contribution in [0.1, 0.15) is 12.8 Å². The fraction of sp³-hybridized carbons (Fsp3) is 0.600. The highest BCUT2D eigenvalue weighted by Gasteiger charge is 2.37. The van der Waals surface area contributed by atoms with E-state index in [0.717, 1.165) is 31.7 Å². The van der Waals surface area contributed by atoms with Gasteiger partial charge in [0.15, 0.2) is 0 Å². The molecule has 0 saturated carbocycles. The Balaban J connectivity index is 2.03. The summed E-state index contributed by atoms with van der Waals surface area (Å²) < 4.78 is 26.4. The van der Waals surface area contributed by atoms with Gasteiger partial charge in [0, 0.05) is 39.8 Å². The maximum absolute atomic E-state index is 12.6. The van der Waals surface area contributed by atoms with E-state index in [2.05, 4.69) is 10.2 Å². The van der Waals surface area contributed by atoms with Crippen LogP contribution in [0.3, 0.4) is 0 Å². The van der Waals surface area contributed by atoms with E-state index in [-0.39, 0.29) is 0 Å². The molecule has 2 unspecified atom stereocenters. The molecule has 0 amide bonds. The van der Waals surface area contributed by atoms with Gasteiger partial charge in [-0.2, -0.15) is 0 Å². The van der Waals surface area contributed by atoms with Gasteiger partial charge >= 0.3 is 0 Å². The molecular formula is C15H23N3O2S. The second-order valence-electron chi connectivity index (χ2n) is 6.08. The summed E-state index contributed by atoms with van der Waals surface area (Å²) in [6, 6.07) is 7.80. The van der Waals surface area contributed by atoms with Crippen LogP contribution >= 0.6 is 0 Å². The van der Waals surface area contributed by atoms with E-state index in [1.807, 2.05) is 12.1 Å². The zero-order valence-electron chi connectivity index (χ0n) is 12.6. The number of piperidine rings is 1. The van der Waals surface area contributed by atoms with Crippen molar-refractivity contribution >= 4 is 15.7 Å². The number of anilines is 1. The molecule has 1 N–H and O–H groups in total. The van der Waals surface area contributed by atoms with E-state index in [1.54, 1.807) is 26.2 Å². The fourth-order valence-corrected chi connectivity index (χ4v) is 4.57. The maximum Gasteiger partial charge on any atom is 0.244 e. The smallest absolute Gasteiger partial charge is 0.244 e. The summed E-state index contributed by atoms with van der Waals surface area (Å²) in [7, 11) is -0.243. The molecule has 2 aliphatic heterocycles. The minimum atomic E-state index is -3.41. The van der Waals surface area contributed by atoms with Crippen LogP contribution in [0.2, 0.25) is 0 Å². The standard InChI is InChI=1S/C15H23N3O2S/c1-17(2)21(19,20)15-8-4-3-7-13(15)18-9-5-6-12-10-16-11-14(12)18/h3-4,7-8,12,14,16H,5-6,9-11H2,1-2H3. The molecule has 5 nitrogen and oxygen atoms in total. The second kappa shape index (κ2) is 5.59. The lowest BCUT2D eigenvalue weighted by Gasteiger charge is -2.39. The van der Waals surface area contributed by atoms with Gasteiger partial charge in [-0.05, 0) is 30.9 Å². The predicted molar refractivity (Wildman–Crippen MR) is 84.0 cm³/mol. The van der Waals surface area contributed by atoms with Crippen molar-refractivity contribution in [2.45, 2.75) is 23.8 Å². The Morgan fingerprint density at radius 1 is 1.24 bits per heavy atom. The Morgan fingerprint density at radius 3 is 2.76 bits per heavy atom. The average molecular weight is 309 g/mol. The lowest BCUT2D eigenvalue weighted by atomic mass is 9.91. The number of hydrogen-bond donors (Lipinski definition) is 1. The third kappa shape index (κ3) is 2.56. The lowest BCUT2D eigenvalue weighted by molar-refractivity contribution is 0.383. The minimum Gasteiger partial charge on any atom is -0.366 e. The van der Waals surface area contributed by atoms with Gasteiger partial charge in [0.25, 0.3) is 0 Å². The molecule has 3 rings (SSSR count). The molecule has 2 atom stereocenters. The largest absolute Gasteiger partial charge is 0.366 e. The summed E-state index contributed by atoms with van der Waals surface area (Å²) in [4.78, 5) is 2.72. The number of nitrogens with zero attached hydrogens (tertiary/aromatic N) is 2. The van der Waals surface area contributed by atoms with Crippen LogP contribution in [-0.4, -0.2) is 52.5 Å². The molecule has 0 aliphatic carbocycles. The third-order valence-electron chi connectivity index (χ3n) is 4.61. The van der Waals surface area contributed by atoms with E-state index >= 15 is 0 Å². The highest BCUT2D eigenvalue weighted by atomic mass is 32.2. The molecule has 2 aliphatic rings. The average Bonchev–Trinajstić information content (AvgIpc) is 2.95. The molecule has 6 heteroatoms. The summed E-state index contributed by atoms with van der Waals surface area (Å²) in [5.74, 6) is 0.633. The van der Waals surface area contributed by atoms with Gasteiger partial charge in [-0.15, -0.1) is 0 Å². The molecule has 0 aromatic heterocycles. The predicted octanol–water partition coefficient (Wildman–Crippen LogP) is 1.13. The number of rotatable bonds is 3. The van der Waals surface area contributed by atoms with Crippen LogP contribution in [0.5, 0.6) is 0 Å². The quantitative estimate of drug-likeness (QED) is 0.909. The monoisotopic (exact) mass is 309 g/mol. The molecule has 0 radical (unpaired) electrons. The normalized spacial score (nSPS) is 26.1. The Labute approximate surface area is 127 Å². The summed E-state index contributed by atoms with van der Waals surface area (Å²) >= 11 is 0.